The summed E-state index contributed by atoms with van der Waals surface area (Å²) in [7, 11) is -3.64. The Kier molecular flexibility index (Phi) is 5.44. The van der Waals surface area contributed by atoms with Crippen molar-refractivity contribution >= 4 is 13.3 Å². The summed E-state index contributed by atoms with van der Waals surface area (Å²) < 4.78 is 20.2. The van der Waals surface area contributed by atoms with E-state index in [0.717, 1.165) is 31.9 Å². The zero-order chi connectivity index (χ0) is 12.5. The zero-order valence-corrected chi connectivity index (χ0v) is 13.2. The van der Waals surface area contributed by atoms with Crippen LogP contribution in [0.3, 0.4) is 0 Å². The molecule has 1 aromatic rings. The van der Waals surface area contributed by atoms with Crippen LogP contribution in [0.2, 0.25) is 0 Å². The van der Waals surface area contributed by atoms with E-state index in [1.807, 2.05) is 6.07 Å². The third-order valence-corrected chi connectivity index (χ3v) is 3.77. The fourth-order valence-electron chi connectivity index (χ4n) is 1.89. The number of hydrogen-bond donors (Lipinski definition) is 0. The van der Waals surface area contributed by atoms with Gasteiger partial charge in [-0.1, -0.05) is 6.07 Å². The number of aryl methyl sites for hydroxylation is 2. The van der Waals surface area contributed by atoms with E-state index in [1.54, 1.807) is 12.1 Å². The molecule has 0 spiro atoms. The van der Waals surface area contributed by atoms with Gasteiger partial charge in [-0.3, -0.25) is 4.57 Å². The maximum atomic E-state index is 11.4. The second-order valence-corrected chi connectivity index (χ2v) is 5.39. The Hall–Kier alpha value is -0.320. The molecule has 0 saturated carbocycles. The molecule has 18 heavy (non-hydrogen) atoms. The Balaban J connectivity index is 0.00000162. The Labute approximate surface area is 127 Å². The maximum absolute atomic E-state index is 11.4. The van der Waals surface area contributed by atoms with Crippen molar-refractivity contribution in [3.8, 4) is 5.75 Å². The van der Waals surface area contributed by atoms with E-state index in [9.17, 15) is 14.3 Å². The molecule has 0 bridgehead atoms. The number of hydrogen-bond acceptors (Lipinski definition) is 5. The number of ether oxygens (including phenoxy) is 1. The smallest absolute Gasteiger partial charge is 0.761 e. The maximum Gasteiger partial charge on any atom is 1.00 e. The molecular weight excluding hydrogens is 266 g/mol. The molecule has 1 unspecified atom stereocenters. The van der Waals surface area contributed by atoms with Gasteiger partial charge in [-0.05, 0) is 42.5 Å². The van der Waals surface area contributed by atoms with Gasteiger partial charge < -0.3 is 14.2 Å². The van der Waals surface area contributed by atoms with Crippen LogP contribution >= 0.6 is 7.60 Å². The van der Waals surface area contributed by atoms with Gasteiger partial charge in [0, 0.05) is 0 Å². The van der Waals surface area contributed by atoms with Crippen molar-refractivity contribution in [2.75, 3.05) is 7.11 Å². The van der Waals surface area contributed by atoms with E-state index in [2.05, 4.69) is 4.74 Å². The van der Waals surface area contributed by atoms with E-state index in [0.29, 0.717) is 0 Å². The van der Waals surface area contributed by atoms with Gasteiger partial charge in [-0.15, -0.1) is 0 Å². The van der Waals surface area contributed by atoms with Crippen molar-refractivity contribution in [2.45, 2.75) is 19.3 Å². The van der Waals surface area contributed by atoms with Crippen molar-refractivity contribution in [1.82, 2.24) is 0 Å². The molecule has 0 amide bonds. The van der Waals surface area contributed by atoms with E-state index in [4.69, 9.17) is 4.52 Å². The SMILES string of the molecule is COC(=O)P(=O)([O-])Oc1ccc2c(c1)CCC2.[Na+]. The molecule has 0 radical (unpaired) electrons. The molecule has 7 heteroatoms. The van der Waals surface area contributed by atoms with Crippen LogP contribution in [-0.2, 0) is 22.1 Å². The second kappa shape index (κ2) is 6.22. The largest absolute Gasteiger partial charge is 1.00 e. The minimum atomic E-state index is -4.64. The summed E-state index contributed by atoms with van der Waals surface area (Å²) in [5.74, 6) is 0.161. The van der Waals surface area contributed by atoms with Gasteiger partial charge >= 0.3 is 35.3 Å². The Morgan fingerprint density at radius 1 is 1.33 bits per heavy atom. The summed E-state index contributed by atoms with van der Waals surface area (Å²) in [5, 5.41) is 0. The minimum Gasteiger partial charge on any atom is -0.761 e. The molecule has 0 aliphatic heterocycles. The first-order valence-electron chi connectivity index (χ1n) is 5.24. The quantitative estimate of drug-likeness (QED) is 0.517. The van der Waals surface area contributed by atoms with E-state index in [1.165, 1.54) is 5.56 Å². The number of fused-ring (bicyclic) bond motifs is 1. The van der Waals surface area contributed by atoms with Gasteiger partial charge in [0.1, 0.15) is 5.75 Å². The van der Waals surface area contributed by atoms with E-state index in [-0.39, 0.29) is 35.3 Å². The molecule has 5 nitrogen and oxygen atoms in total. The van der Waals surface area contributed by atoms with Gasteiger partial charge in [0.2, 0.25) is 0 Å². The minimum absolute atomic E-state index is 0. The number of carbonyl (C=O) groups is 1. The molecule has 1 aliphatic rings. The standard InChI is InChI=1S/C11H13O5P.Na/c1-15-11(12)17(13,14)16-10-6-5-8-3-2-4-9(8)7-10;/h5-7H,2-4H2,1H3,(H,13,14);/q;+1/p-1. The first-order chi connectivity index (χ1) is 8.03. The van der Waals surface area contributed by atoms with Crippen LogP contribution in [0.4, 0.5) is 4.79 Å². The molecule has 1 aliphatic carbocycles. The average Bonchev–Trinajstić information content (AvgIpc) is 2.74. The predicted octanol–water partition coefficient (Wildman–Crippen LogP) is -1.12. The fraction of sp³-hybridized carbons (Fsp3) is 0.364. The second-order valence-electron chi connectivity index (χ2n) is 3.84. The molecule has 1 atom stereocenters. The molecule has 0 heterocycles. The van der Waals surface area contributed by atoms with E-state index < -0.39 is 13.3 Å². The van der Waals surface area contributed by atoms with Crippen LogP contribution in [0.5, 0.6) is 5.75 Å². The van der Waals surface area contributed by atoms with Gasteiger partial charge in [0.05, 0.1) is 7.11 Å². The Morgan fingerprint density at radius 3 is 2.67 bits per heavy atom. The Bertz CT molecular complexity index is 502. The van der Waals surface area contributed by atoms with Crippen molar-refractivity contribution in [1.29, 1.82) is 0 Å². The van der Waals surface area contributed by atoms with Crippen LogP contribution in [0.25, 0.3) is 0 Å². The van der Waals surface area contributed by atoms with Crippen LogP contribution in [0.15, 0.2) is 18.2 Å². The molecule has 92 valence electrons. The number of carbonyl (C=O) groups excluding carboxylic acids is 1. The van der Waals surface area contributed by atoms with Crippen LogP contribution < -0.4 is 39.0 Å². The first kappa shape index (κ1) is 15.7. The van der Waals surface area contributed by atoms with Crippen molar-refractivity contribution in [2.24, 2.45) is 0 Å². The van der Waals surface area contributed by atoms with Gasteiger partial charge in [0.25, 0.3) is 7.60 Å². The third kappa shape index (κ3) is 3.37. The Morgan fingerprint density at radius 2 is 2.00 bits per heavy atom. The topological polar surface area (TPSA) is 75.7 Å². The summed E-state index contributed by atoms with van der Waals surface area (Å²) in [5.41, 5.74) is 0.918. The van der Waals surface area contributed by atoms with Crippen LogP contribution in [0.1, 0.15) is 17.5 Å². The summed E-state index contributed by atoms with van der Waals surface area (Å²) in [6.45, 7) is 0. The van der Waals surface area contributed by atoms with Crippen molar-refractivity contribution in [3.63, 3.8) is 0 Å². The van der Waals surface area contributed by atoms with Gasteiger partial charge in [-0.25, -0.2) is 4.79 Å². The molecule has 1 aromatic carbocycles. The normalized spacial score (nSPS) is 16.1. The summed E-state index contributed by atoms with van der Waals surface area (Å²) in [4.78, 5) is 22.3. The van der Waals surface area contributed by atoms with Crippen molar-refractivity contribution < 1.29 is 53.1 Å². The fourth-order valence-corrected chi connectivity index (χ4v) is 2.58. The van der Waals surface area contributed by atoms with Crippen LogP contribution in [-0.4, -0.2) is 12.8 Å². The predicted molar refractivity (Wildman–Crippen MR) is 59.1 cm³/mol. The average molecular weight is 278 g/mol. The molecule has 2 rings (SSSR count). The molecule has 0 aromatic heterocycles. The van der Waals surface area contributed by atoms with Gasteiger partial charge in [0.15, 0.2) is 0 Å². The van der Waals surface area contributed by atoms with Gasteiger partial charge in [-0.2, -0.15) is 0 Å². The molecule has 0 fully saturated rings. The number of rotatable bonds is 3. The zero-order valence-electron chi connectivity index (χ0n) is 10.3. The van der Waals surface area contributed by atoms with Crippen LogP contribution in [0, 0.1) is 0 Å². The molecule has 0 N–H and O–H groups in total. The summed E-state index contributed by atoms with van der Waals surface area (Å²) in [6.07, 6.45) is 2.97. The molecular formula is C11H12NaO5P. The monoisotopic (exact) mass is 278 g/mol. The number of methoxy groups -OCH3 is 1. The summed E-state index contributed by atoms with van der Waals surface area (Å²) >= 11 is 0. The molecule has 0 saturated heterocycles. The number of benzene rings is 1. The summed E-state index contributed by atoms with van der Waals surface area (Å²) in [6, 6.07) is 5.04. The third-order valence-electron chi connectivity index (χ3n) is 2.69. The first-order valence-corrected chi connectivity index (χ1v) is 6.78. The van der Waals surface area contributed by atoms with E-state index >= 15 is 0 Å². The van der Waals surface area contributed by atoms with Crippen molar-refractivity contribution in [3.05, 3.63) is 29.3 Å².